The number of ether oxygens (including phenoxy) is 1. The molecular formula is C29H39NO4. The molecule has 3 aliphatic rings. The Balaban J connectivity index is 1.40. The minimum atomic E-state index is -0.585. The molecule has 5 nitrogen and oxygen atoms in total. The van der Waals surface area contributed by atoms with Gasteiger partial charge in [-0.15, -0.1) is 11.8 Å². The molecule has 2 fully saturated rings. The highest BCUT2D eigenvalue weighted by molar-refractivity contribution is 5.76. The number of nitrogens with zero attached hydrogens (tertiary/aromatic N) is 1. The highest BCUT2D eigenvalue weighted by Crippen LogP contribution is 2.52. The smallest absolute Gasteiger partial charge is 0.222 e. The number of aliphatic hydroxyl groups is 2. The van der Waals surface area contributed by atoms with Crippen molar-refractivity contribution in [3.8, 4) is 17.6 Å². The van der Waals surface area contributed by atoms with Gasteiger partial charge < -0.3 is 19.8 Å². The number of aliphatic hydroxyl groups excluding tert-OH is 2. The van der Waals surface area contributed by atoms with Gasteiger partial charge in [0, 0.05) is 49.8 Å². The maximum absolute atomic E-state index is 12.5. The maximum Gasteiger partial charge on any atom is 0.222 e. The van der Waals surface area contributed by atoms with Crippen molar-refractivity contribution in [2.24, 2.45) is 11.8 Å². The van der Waals surface area contributed by atoms with Gasteiger partial charge in [0.15, 0.2) is 0 Å². The quantitative estimate of drug-likeness (QED) is 0.446. The van der Waals surface area contributed by atoms with Crippen LogP contribution in [0.15, 0.2) is 30.4 Å². The van der Waals surface area contributed by atoms with E-state index >= 15 is 0 Å². The SMILES string of the molecule is CC#CC[C@@H](C)[C@H](O)/C=C/[C@@H]1[C@H]2c3cccc(CCCC(=O)N4CCCCC4)c3O[C@H]2C[C@H]1O. The molecule has 0 spiro atoms. The van der Waals surface area contributed by atoms with Gasteiger partial charge in [-0.05, 0) is 50.5 Å². The first-order chi connectivity index (χ1) is 16.5. The summed E-state index contributed by atoms with van der Waals surface area (Å²) in [5, 5.41) is 21.2. The molecule has 34 heavy (non-hydrogen) atoms. The molecule has 1 aromatic carbocycles. The number of carbonyl (C=O) groups is 1. The highest BCUT2D eigenvalue weighted by atomic mass is 16.5. The first-order valence-electron chi connectivity index (χ1n) is 13.0. The molecule has 0 radical (unpaired) electrons. The minimum absolute atomic E-state index is 0.0451. The summed E-state index contributed by atoms with van der Waals surface area (Å²) < 4.78 is 6.37. The molecule has 4 rings (SSSR count). The summed E-state index contributed by atoms with van der Waals surface area (Å²) >= 11 is 0. The van der Waals surface area contributed by atoms with E-state index in [1.54, 1.807) is 0 Å². The fourth-order valence-electron chi connectivity index (χ4n) is 5.71. The van der Waals surface area contributed by atoms with Gasteiger partial charge in [0.2, 0.25) is 5.91 Å². The van der Waals surface area contributed by atoms with Gasteiger partial charge >= 0.3 is 0 Å². The summed E-state index contributed by atoms with van der Waals surface area (Å²) in [7, 11) is 0. The van der Waals surface area contributed by atoms with Crippen LogP contribution in [0.4, 0.5) is 0 Å². The van der Waals surface area contributed by atoms with Crippen LogP contribution in [0.3, 0.4) is 0 Å². The van der Waals surface area contributed by atoms with Crippen molar-refractivity contribution in [1.82, 2.24) is 4.90 Å². The molecule has 1 saturated heterocycles. The van der Waals surface area contributed by atoms with Crippen molar-refractivity contribution in [3.05, 3.63) is 41.5 Å². The lowest BCUT2D eigenvalue weighted by Gasteiger charge is -2.26. The van der Waals surface area contributed by atoms with Crippen LogP contribution >= 0.6 is 0 Å². The van der Waals surface area contributed by atoms with E-state index in [2.05, 4.69) is 30.0 Å². The number of piperidine rings is 1. The number of para-hydroxylation sites is 1. The fraction of sp³-hybridized carbons (Fsp3) is 0.621. The summed E-state index contributed by atoms with van der Waals surface area (Å²) in [6, 6.07) is 6.28. The van der Waals surface area contributed by atoms with E-state index < -0.39 is 12.2 Å². The van der Waals surface area contributed by atoms with E-state index in [4.69, 9.17) is 4.74 Å². The topological polar surface area (TPSA) is 70.0 Å². The second-order valence-electron chi connectivity index (χ2n) is 10.2. The Labute approximate surface area is 204 Å². The van der Waals surface area contributed by atoms with Gasteiger partial charge in [0.1, 0.15) is 11.9 Å². The Hall–Kier alpha value is -2.29. The zero-order valence-electron chi connectivity index (χ0n) is 20.6. The van der Waals surface area contributed by atoms with E-state index in [1.807, 2.05) is 30.9 Å². The second kappa shape index (κ2) is 11.4. The zero-order valence-corrected chi connectivity index (χ0v) is 20.6. The first kappa shape index (κ1) is 24.8. The third-order valence-electron chi connectivity index (χ3n) is 7.75. The zero-order chi connectivity index (χ0) is 24.1. The lowest BCUT2D eigenvalue weighted by atomic mass is 9.86. The molecule has 184 valence electrons. The van der Waals surface area contributed by atoms with Crippen molar-refractivity contribution in [2.75, 3.05) is 13.1 Å². The number of hydrogen-bond donors (Lipinski definition) is 2. The fourth-order valence-corrected chi connectivity index (χ4v) is 5.71. The van der Waals surface area contributed by atoms with E-state index in [0.717, 1.165) is 55.6 Å². The van der Waals surface area contributed by atoms with E-state index in [0.29, 0.717) is 19.3 Å². The maximum atomic E-state index is 12.5. The molecule has 1 aliphatic carbocycles. The van der Waals surface area contributed by atoms with E-state index in [-0.39, 0.29) is 29.8 Å². The van der Waals surface area contributed by atoms with E-state index in [9.17, 15) is 15.0 Å². The average Bonchev–Trinajstić information content (AvgIpc) is 3.36. The lowest BCUT2D eigenvalue weighted by molar-refractivity contribution is -0.132. The normalized spacial score (nSPS) is 27.5. The van der Waals surface area contributed by atoms with Crippen molar-refractivity contribution < 1.29 is 19.7 Å². The Bertz CT molecular complexity index is 939. The van der Waals surface area contributed by atoms with Crippen LogP contribution in [0.2, 0.25) is 0 Å². The van der Waals surface area contributed by atoms with Crippen molar-refractivity contribution in [3.63, 3.8) is 0 Å². The Kier molecular flexibility index (Phi) is 8.34. The largest absolute Gasteiger partial charge is 0.489 e. The molecule has 0 bridgehead atoms. The van der Waals surface area contributed by atoms with Gasteiger partial charge in [-0.1, -0.05) is 37.3 Å². The highest BCUT2D eigenvalue weighted by Gasteiger charge is 2.48. The van der Waals surface area contributed by atoms with Crippen LogP contribution in [0.25, 0.3) is 0 Å². The molecule has 6 atom stereocenters. The van der Waals surface area contributed by atoms with Crippen LogP contribution in [0.5, 0.6) is 5.75 Å². The molecule has 1 amide bonds. The molecule has 0 aromatic heterocycles. The lowest BCUT2D eigenvalue weighted by Crippen LogP contribution is -2.35. The number of rotatable bonds is 8. The summed E-state index contributed by atoms with van der Waals surface area (Å²) in [5.41, 5.74) is 2.30. The summed E-state index contributed by atoms with van der Waals surface area (Å²) in [6.45, 7) is 5.61. The number of benzene rings is 1. The van der Waals surface area contributed by atoms with Crippen LogP contribution < -0.4 is 4.74 Å². The first-order valence-corrected chi connectivity index (χ1v) is 13.0. The number of fused-ring (bicyclic) bond motifs is 3. The average molecular weight is 466 g/mol. The standard InChI is InChI=1S/C29H39NO4/c1-3-4-10-20(2)24(31)16-15-22-25(32)19-26-28(22)23-13-8-11-21(29(23)34-26)12-9-14-27(33)30-17-6-5-7-18-30/h8,11,13,15-16,20,22,24-26,28,31-32H,5-7,9-10,12,14,17-19H2,1-2H3/b16-15+/t20-,22+,24-,25-,26+,28+/m1/s1. The van der Waals surface area contributed by atoms with Gasteiger partial charge in [-0.2, -0.15) is 0 Å². The molecule has 1 saturated carbocycles. The molecule has 5 heteroatoms. The van der Waals surface area contributed by atoms with E-state index in [1.165, 1.54) is 6.42 Å². The second-order valence-corrected chi connectivity index (χ2v) is 10.2. The van der Waals surface area contributed by atoms with Crippen molar-refractivity contribution >= 4 is 5.91 Å². The third-order valence-corrected chi connectivity index (χ3v) is 7.75. The summed E-state index contributed by atoms with van der Waals surface area (Å²) in [5.74, 6) is 7.18. The molecular weight excluding hydrogens is 426 g/mol. The number of hydrogen-bond acceptors (Lipinski definition) is 4. The molecule has 0 unspecified atom stereocenters. The predicted octanol–water partition coefficient (Wildman–Crippen LogP) is 4.21. The number of amides is 1. The van der Waals surface area contributed by atoms with Gasteiger partial charge in [0.25, 0.3) is 0 Å². The molecule has 1 aromatic rings. The third kappa shape index (κ3) is 5.50. The summed E-state index contributed by atoms with van der Waals surface area (Å²) in [4.78, 5) is 14.5. The van der Waals surface area contributed by atoms with Crippen molar-refractivity contribution in [1.29, 1.82) is 0 Å². The van der Waals surface area contributed by atoms with Gasteiger partial charge in [-0.3, -0.25) is 4.79 Å². The minimum Gasteiger partial charge on any atom is -0.489 e. The number of likely N-dealkylation sites (tertiary alicyclic amines) is 1. The van der Waals surface area contributed by atoms with Crippen LogP contribution in [-0.4, -0.2) is 52.4 Å². The number of aryl methyl sites for hydroxylation is 1. The Morgan fingerprint density at radius 1 is 1.29 bits per heavy atom. The number of carbonyl (C=O) groups excluding carboxylic acids is 1. The van der Waals surface area contributed by atoms with Crippen LogP contribution in [-0.2, 0) is 11.2 Å². The molecule has 2 heterocycles. The molecule has 2 N–H and O–H groups in total. The Morgan fingerprint density at radius 3 is 2.85 bits per heavy atom. The summed E-state index contributed by atoms with van der Waals surface area (Å²) in [6.07, 6.45) is 9.64. The van der Waals surface area contributed by atoms with Crippen molar-refractivity contribution in [2.45, 2.75) is 89.4 Å². The van der Waals surface area contributed by atoms with Crippen LogP contribution in [0, 0.1) is 23.7 Å². The molecule has 2 aliphatic heterocycles. The van der Waals surface area contributed by atoms with Gasteiger partial charge in [0.05, 0.1) is 12.2 Å². The Morgan fingerprint density at radius 2 is 2.09 bits per heavy atom. The monoisotopic (exact) mass is 465 g/mol. The predicted molar refractivity (Wildman–Crippen MR) is 133 cm³/mol. The van der Waals surface area contributed by atoms with Crippen LogP contribution in [0.1, 0.15) is 75.8 Å². The van der Waals surface area contributed by atoms with Gasteiger partial charge in [-0.25, -0.2) is 0 Å².